The highest BCUT2D eigenvalue weighted by molar-refractivity contribution is 6.01. The van der Waals surface area contributed by atoms with Crippen molar-refractivity contribution in [2.75, 3.05) is 107 Å². The Hall–Kier alpha value is -6.43. The normalized spacial score (nSPS) is 18.5. The van der Waals surface area contributed by atoms with Crippen molar-refractivity contribution in [3.05, 3.63) is 113 Å². The molecule has 1 aromatic heterocycles. The third-order valence-electron chi connectivity index (χ3n) is 13.0. The summed E-state index contributed by atoms with van der Waals surface area (Å²) in [6.07, 6.45) is 5.05. The summed E-state index contributed by atoms with van der Waals surface area (Å²) in [5.41, 5.74) is 7.24. The first-order valence-electron chi connectivity index (χ1n) is 23.3. The number of imide groups is 1. The van der Waals surface area contributed by atoms with Crippen molar-refractivity contribution >= 4 is 57.8 Å². The summed E-state index contributed by atoms with van der Waals surface area (Å²) in [4.78, 5) is 57.3. The predicted molar refractivity (Wildman–Crippen MR) is 256 cm³/mol. The van der Waals surface area contributed by atoms with Crippen molar-refractivity contribution in [1.29, 1.82) is 0 Å². The zero-order chi connectivity index (χ0) is 46.7. The molecule has 1 atom stereocenters. The van der Waals surface area contributed by atoms with E-state index in [1.54, 1.807) is 7.05 Å². The number of carbonyl (C=O) groups is 4. The maximum atomic E-state index is 13.2. The number of rotatable bonds is 14. The zero-order valence-electron chi connectivity index (χ0n) is 38.0. The number of ether oxygens (including phenoxy) is 1. The Bertz CT molecular complexity index is 2480. The van der Waals surface area contributed by atoms with E-state index < -0.39 is 11.6 Å². The van der Waals surface area contributed by atoms with Gasteiger partial charge in [0.05, 0.1) is 12.1 Å². The molecule has 3 amide bonds. The Labute approximate surface area is 389 Å². The van der Waals surface area contributed by atoms with Gasteiger partial charge in [-0.15, -0.1) is 0 Å². The van der Waals surface area contributed by atoms with Gasteiger partial charge in [-0.1, -0.05) is 18.2 Å². The molecule has 67 heavy (non-hydrogen) atoms. The number of nitrogens with zero attached hydrogens (tertiary/aromatic N) is 5. The molecule has 5 aromatic rings. The van der Waals surface area contributed by atoms with Crippen molar-refractivity contribution in [3.63, 3.8) is 0 Å². The van der Waals surface area contributed by atoms with Crippen LogP contribution in [0.25, 0.3) is 10.9 Å². The number of carbonyl (C=O) groups excluding carboxylic acids is 4. The second kappa shape index (κ2) is 22.4. The molecule has 5 N–H and O–H groups in total. The smallest absolute Gasteiger partial charge is 0.249 e. The molecule has 5 heterocycles. The van der Waals surface area contributed by atoms with Crippen LogP contribution in [0.1, 0.15) is 52.7 Å². The maximum absolute atomic E-state index is 13.2. The molecule has 0 bridgehead atoms. The average Bonchev–Trinajstić information content (AvgIpc) is 3.75. The molecule has 17 heteroatoms. The Morgan fingerprint density at radius 3 is 2.22 bits per heavy atom. The molecule has 4 aliphatic rings. The monoisotopic (exact) mass is 918 g/mol. The van der Waals surface area contributed by atoms with Crippen molar-refractivity contribution in [2.24, 2.45) is 0 Å². The summed E-state index contributed by atoms with van der Waals surface area (Å²) in [5.74, 6) is -0.630. The van der Waals surface area contributed by atoms with Gasteiger partial charge < -0.3 is 35.4 Å². The van der Waals surface area contributed by atoms with Crippen molar-refractivity contribution in [3.8, 4) is 0 Å². The van der Waals surface area contributed by atoms with Gasteiger partial charge in [-0.2, -0.15) is 5.10 Å². The third-order valence-corrected chi connectivity index (χ3v) is 13.0. The molecular weight excluding hydrogens is 859 g/mol. The maximum Gasteiger partial charge on any atom is 0.249 e. The first-order valence-corrected chi connectivity index (χ1v) is 23.3. The number of piperidine rings is 1. The van der Waals surface area contributed by atoms with Crippen LogP contribution in [0.3, 0.4) is 0 Å². The van der Waals surface area contributed by atoms with E-state index in [9.17, 15) is 28.0 Å². The molecule has 4 aromatic carbocycles. The summed E-state index contributed by atoms with van der Waals surface area (Å²) >= 11 is 0. The second-order valence-electron chi connectivity index (χ2n) is 17.7. The van der Waals surface area contributed by atoms with Crippen LogP contribution in [-0.2, 0) is 32.0 Å². The van der Waals surface area contributed by atoms with Crippen molar-refractivity contribution in [1.82, 2.24) is 30.2 Å². The number of nitrogens with one attached hydrogen (secondary N) is 5. The summed E-state index contributed by atoms with van der Waals surface area (Å²) in [7, 11) is 1.80. The van der Waals surface area contributed by atoms with Crippen LogP contribution in [0.4, 0.5) is 31.7 Å². The van der Waals surface area contributed by atoms with Gasteiger partial charge in [-0.05, 0) is 103 Å². The van der Waals surface area contributed by atoms with Gasteiger partial charge in [0.1, 0.15) is 17.7 Å². The molecule has 0 spiro atoms. The predicted octanol–water partition coefficient (Wildman–Crippen LogP) is 5.29. The topological polar surface area (TPSA) is 167 Å². The summed E-state index contributed by atoms with van der Waals surface area (Å²) in [6, 6.07) is 23.4. The number of anilines is 4. The van der Waals surface area contributed by atoms with E-state index in [0.717, 1.165) is 130 Å². The van der Waals surface area contributed by atoms with Gasteiger partial charge in [-0.3, -0.25) is 34.5 Å². The Kier molecular flexibility index (Phi) is 15.7. The Balaban J connectivity index is 0.000000252. The van der Waals surface area contributed by atoms with E-state index in [1.165, 1.54) is 17.7 Å². The minimum atomic E-state index is -0.555. The lowest BCUT2D eigenvalue weighted by atomic mass is 10.0. The van der Waals surface area contributed by atoms with Crippen LogP contribution in [0.5, 0.6) is 0 Å². The van der Waals surface area contributed by atoms with E-state index in [-0.39, 0.29) is 23.8 Å². The van der Waals surface area contributed by atoms with Crippen molar-refractivity contribution < 1.29 is 32.7 Å². The lowest BCUT2D eigenvalue weighted by Crippen LogP contribution is -2.54. The van der Waals surface area contributed by atoms with Crippen LogP contribution in [-0.4, -0.2) is 147 Å². The number of halogens is 2. The number of benzene rings is 4. The molecule has 9 rings (SSSR count). The van der Waals surface area contributed by atoms with Crippen LogP contribution >= 0.6 is 0 Å². The standard InChI is InChI=1S/C35H47N7O5.C15H13F2N3/c43-25-27-3-6-30(23-32(27)37-29-10-21-47-22-11-29)41-17-19-42(20-18-41)34(45)24-40-15-13-39(14-16-40)12-9-26-1-4-28(5-2-26)36-31-7-8-33(44)38-35(31)46;1-18-15-13-7-9(2-3-14(13)19-20-15)4-10-5-11(16)8-12(17)6-10/h1-6,23,25,29,31,36-37H,7-22,24H2,(H,38,44,46);2-3,5-8H,4H2,1H3,(H2,18,19,20). The molecule has 4 aliphatic heterocycles. The molecule has 0 saturated carbocycles. The SMILES string of the molecule is CNc1n[nH]c2ccc(Cc3cc(F)cc(F)c3)cc12.O=Cc1ccc(N2CCN(C(=O)CN3CCN(CCc4ccc(NC5CCC(=O)NC5=O)cc4)CC3)CC2)cc1NC1CCOCC1. The van der Waals surface area contributed by atoms with Gasteiger partial charge in [0.2, 0.25) is 17.7 Å². The average molecular weight is 919 g/mol. The van der Waals surface area contributed by atoms with E-state index in [2.05, 4.69) is 64.4 Å². The fraction of sp³-hybridized carbons (Fsp3) is 0.420. The number of hydrogen-bond donors (Lipinski definition) is 5. The summed E-state index contributed by atoms with van der Waals surface area (Å²) < 4.78 is 31.8. The third kappa shape index (κ3) is 12.7. The number of hydrogen-bond acceptors (Lipinski definition) is 12. The highest BCUT2D eigenvalue weighted by atomic mass is 19.1. The number of piperazine rings is 2. The molecule has 0 radical (unpaired) electrons. The van der Waals surface area contributed by atoms with Crippen LogP contribution in [0, 0.1) is 11.6 Å². The van der Waals surface area contributed by atoms with Crippen LogP contribution in [0.2, 0.25) is 0 Å². The molecular formula is C50H60F2N10O5. The van der Waals surface area contributed by atoms with Gasteiger partial charge in [0.15, 0.2) is 12.1 Å². The number of H-pyrrole nitrogens is 1. The van der Waals surface area contributed by atoms with Gasteiger partial charge in [-0.25, -0.2) is 8.78 Å². The van der Waals surface area contributed by atoms with E-state index in [0.29, 0.717) is 56.1 Å². The van der Waals surface area contributed by atoms with E-state index >= 15 is 0 Å². The van der Waals surface area contributed by atoms with Gasteiger partial charge in [0, 0.05) is 126 Å². The summed E-state index contributed by atoms with van der Waals surface area (Å²) in [6.45, 7) is 9.47. The lowest BCUT2D eigenvalue weighted by molar-refractivity contribution is -0.134. The number of aldehydes is 1. The van der Waals surface area contributed by atoms with E-state index in [4.69, 9.17) is 4.74 Å². The Morgan fingerprint density at radius 2 is 1.52 bits per heavy atom. The molecule has 1 unspecified atom stereocenters. The fourth-order valence-electron chi connectivity index (χ4n) is 9.10. The van der Waals surface area contributed by atoms with Crippen molar-refractivity contribution in [2.45, 2.75) is 50.6 Å². The number of aromatic nitrogens is 2. The highest BCUT2D eigenvalue weighted by Gasteiger charge is 2.27. The number of amides is 3. The largest absolute Gasteiger partial charge is 0.381 e. The number of aromatic amines is 1. The van der Waals surface area contributed by atoms with Crippen LogP contribution < -0.4 is 26.2 Å². The molecule has 4 saturated heterocycles. The minimum Gasteiger partial charge on any atom is -0.381 e. The molecule has 0 aliphatic carbocycles. The molecule has 354 valence electrons. The minimum absolute atomic E-state index is 0.197. The van der Waals surface area contributed by atoms with Gasteiger partial charge in [0.25, 0.3) is 0 Å². The quantitative estimate of drug-likeness (QED) is 0.0723. The summed E-state index contributed by atoms with van der Waals surface area (Å²) in [5, 5.41) is 20.2. The Morgan fingerprint density at radius 1 is 0.806 bits per heavy atom. The van der Waals surface area contributed by atoms with Crippen LogP contribution in [0.15, 0.2) is 78.9 Å². The first-order chi connectivity index (χ1) is 32.6. The molecule has 15 nitrogen and oxygen atoms in total. The zero-order valence-corrected chi connectivity index (χ0v) is 38.0. The molecule has 4 fully saturated rings. The van der Waals surface area contributed by atoms with Gasteiger partial charge >= 0.3 is 0 Å². The fourth-order valence-corrected chi connectivity index (χ4v) is 9.10. The highest BCUT2D eigenvalue weighted by Crippen LogP contribution is 2.27. The first kappa shape index (κ1) is 47.1. The number of fused-ring (bicyclic) bond motifs is 1. The second-order valence-corrected chi connectivity index (χ2v) is 17.7. The lowest BCUT2D eigenvalue weighted by Gasteiger charge is -2.39. The van der Waals surface area contributed by atoms with E-state index in [1.807, 2.05) is 47.4 Å².